The Balaban J connectivity index is 0.00000113. The molecule has 1 N–H and O–H groups in total. The summed E-state index contributed by atoms with van der Waals surface area (Å²) in [5.74, 6) is 1.07. The van der Waals surface area contributed by atoms with Crippen LogP contribution >= 0.6 is 59.3 Å². The SMILES string of the molecule is Cc1nc(Cn2c(N3CCCNCC3)nc3ccccc32)cs1.I.I. The molecule has 5 nitrogen and oxygen atoms in total. The Labute approximate surface area is 186 Å². The first-order valence-corrected chi connectivity index (χ1v) is 9.01. The molecule has 0 spiro atoms. The average molecular weight is 583 g/mol. The summed E-state index contributed by atoms with van der Waals surface area (Å²) in [4.78, 5) is 12.0. The Bertz CT molecular complexity index is 808. The van der Waals surface area contributed by atoms with Crippen molar-refractivity contribution in [2.24, 2.45) is 0 Å². The Morgan fingerprint density at radius 1 is 1.12 bits per heavy atom. The van der Waals surface area contributed by atoms with Crippen molar-refractivity contribution in [3.8, 4) is 0 Å². The molecule has 1 aromatic carbocycles. The van der Waals surface area contributed by atoms with Gasteiger partial charge in [0.05, 0.1) is 28.3 Å². The topological polar surface area (TPSA) is 46.0 Å². The van der Waals surface area contributed by atoms with Crippen molar-refractivity contribution < 1.29 is 0 Å². The van der Waals surface area contributed by atoms with Crippen molar-refractivity contribution in [1.82, 2.24) is 19.9 Å². The van der Waals surface area contributed by atoms with E-state index in [2.05, 4.69) is 56.3 Å². The zero-order valence-electron chi connectivity index (χ0n) is 14.1. The van der Waals surface area contributed by atoms with Crippen molar-refractivity contribution >= 4 is 76.3 Å². The van der Waals surface area contributed by atoms with Gasteiger partial charge in [-0.15, -0.1) is 59.3 Å². The molecule has 25 heavy (non-hydrogen) atoms. The van der Waals surface area contributed by atoms with Gasteiger partial charge in [0.1, 0.15) is 0 Å². The highest BCUT2D eigenvalue weighted by molar-refractivity contribution is 14.0. The average Bonchev–Trinajstić information content (AvgIpc) is 3.01. The van der Waals surface area contributed by atoms with Crippen LogP contribution in [0.25, 0.3) is 11.0 Å². The molecule has 3 heterocycles. The number of para-hydroxylation sites is 2. The summed E-state index contributed by atoms with van der Waals surface area (Å²) < 4.78 is 2.31. The van der Waals surface area contributed by atoms with Gasteiger partial charge in [0.15, 0.2) is 0 Å². The lowest BCUT2D eigenvalue weighted by Crippen LogP contribution is -2.30. The van der Waals surface area contributed by atoms with Gasteiger partial charge in [0.25, 0.3) is 0 Å². The first-order chi connectivity index (χ1) is 11.3. The third kappa shape index (κ3) is 4.64. The standard InChI is InChI=1S/C17H21N5S.2HI/c1-13-19-14(12-23-13)11-22-16-6-3-2-5-15(16)20-17(22)21-9-4-7-18-8-10-21;;/h2-3,5-6,12,18H,4,7-11H2,1H3;2*1H. The maximum Gasteiger partial charge on any atom is 0.206 e. The molecule has 0 aliphatic carbocycles. The first kappa shape index (κ1) is 20.8. The lowest BCUT2D eigenvalue weighted by molar-refractivity contribution is 0.718. The number of thiazole rings is 1. The second-order valence-electron chi connectivity index (χ2n) is 5.94. The van der Waals surface area contributed by atoms with Crippen molar-refractivity contribution in [3.63, 3.8) is 0 Å². The van der Waals surface area contributed by atoms with E-state index in [9.17, 15) is 0 Å². The highest BCUT2D eigenvalue weighted by Crippen LogP contribution is 2.25. The first-order valence-electron chi connectivity index (χ1n) is 8.13. The number of halogens is 2. The Morgan fingerprint density at radius 3 is 2.76 bits per heavy atom. The van der Waals surface area contributed by atoms with Crippen LogP contribution in [-0.4, -0.2) is 40.7 Å². The van der Waals surface area contributed by atoms with Crippen LogP contribution in [0.15, 0.2) is 29.6 Å². The van der Waals surface area contributed by atoms with Gasteiger partial charge in [0.2, 0.25) is 5.95 Å². The number of aromatic nitrogens is 3. The van der Waals surface area contributed by atoms with Gasteiger partial charge < -0.3 is 14.8 Å². The fourth-order valence-electron chi connectivity index (χ4n) is 3.15. The van der Waals surface area contributed by atoms with E-state index < -0.39 is 0 Å². The predicted octanol–water partition coefficient (Wildman–Crippen LogP) is 3.89. The second kappa shape index (κ2) is 9.47. The van der Waals surface area contributed by atoms with Crippen LogP contribution in [0.4, 0.5) is 5.95 Å². The number of nitrogens with one attached hydrogen (secondary N) is 1. The number of aryl methyl sites for hydroxylation is 1. The van der Waals surface area contributed by atoms with E-state index in [4.69, 9.17) is 4.98 Å². The summed E-state index contributed by atoms with van der Waals surface area (Å²) in [6.07, 6.45) is 1.15. The fourth-order valence-corrected chi connectivity index (χ4v) is 3.75. The van der Waals surface area contributed by atoms with Gasteiger partial charge in [-0.3, -0.25) is 0 Å². The molecule has 0 unspecified atom stereocenters. The molecule has 1 aliphatic heterocycles. The molecule has 0 saturated carbocycles. The minimum atomic E-state index is 0. The summed E-state index contributed by atoms with van der Waals surface area (Å²) in [5.41, 5.74) is 3.36. The van der Waals surface area contributed by atoms with E-state index in [-0.39, 0.29) is 48.0 Å². The molecule has 0 atom stereocenters. The van der Waals surface area contributed by atoms with E-state index in [1.165, 1.54) is 5.52 Å². The quantitative estimate of drug-likeness (QED) is 0.476. The summed E-state index contributed by atoms with van der Waals surface area (Å²) in [7, 11) is 0. The van der Waals surface area contributed by atoms with E-state index in [1.807, 2.05) is 0 Å². The van der Waals surface area contributed by atoms with Crippen molar-refractivity contribution in [2.75, 3.05) is 31.1 Å². The number of hydrogen-bond donors (Lipinski definition) is 1. The van der Waals surface area contributed by atoms with E-state index in [0.29, 0.717) is 0 Å². The number of benzene rings is 1. The molecule has 136 valence electrons. The van der Waals surface area contributed by atoms with Crippen LogP contribution in [0.3, 0.4) is 0 Å². The van der Waals surface area contributed by atoms with Gasteiger partial charge in [-0.05, 0) is 32.0 Å². The number of hydrogen-bond acceptors (Lipinski definition) is 5. The molecule has 1 fully saturated rings. The molecule has 2 aromatic heterocycles. The van der Waals surface area contributed by atoms with Crippen molar-refractivity contribution in [2.45, 2.75) is 19.9 Å². The molecule has 0 radical (unpaired) electrons. The third-order valence-electron chi connectivity index (χ3n) is 4.24. The molecule has 4 rings (SSSR count). The molecule has 0 amide bonds. The molecule has 0 bridgehead atoms. The number of rotatable bonds is 3. The van der Waals surface area contributed by atoms with E-state index in [1.54, 1.807) is 11.3 Å². The predicted molar refractivity (Wildman–Crippen MR) is 126 cm³/mol. The second-order valence-corrected chi connectivity index (χ2v) is 7.00. The smallest absolute Gasteiger partial charge is 0.206 e. The Morgan fingerprint density at radius 2 is 1.96 bits per heavy atom. The van der Waals surface area contributed by atoms with Crippen LogP contribution in [0.2, 0.25) is 0 Å². The number of nitrogens with zero attached hydrogens (tertiary/aromatic N) is 4. The number of imidazole rings is 1. The fraction of sp³-hybridized carbons (Fsp3) is 0.412. The minimum absolute atomic E-state index is 0. The summed E-state index contributed by atoms with van der Waals surface area (Å²) >= 11 is 1.71. The molecular formula is C17H23I2N5S. The Hall–Kier alpha value is -0.460. The molecular weight excluding hydrogens is 560 g/mol. The molecule has 8 heteroatoms. The largest absolute Gasteiger partial charge is 0.341 e. The zero-order chi connectivity index (χ0) is 15.6. The minimum Gasteiger partial charge on any atom is -0.341 e. The van der Waals surface area contributed by atoms with Crippen LogP contribution < -0.4 is 10.2 Å². The summed E-state index contributed by atoms with van der Waals surface area (Å²) in [5, 5.41) is 6.73. The molecule has 1 saturated heterocycles. The van der Waals surface area contributed by atoms with Crippen LogP contribution in [0.5, 0.6) is 0 Å². The lowest BCUT2D eigenvalue weighted by Gasteiger charge is -2.22. The van der Waals surface area contributed by atoms with E-state index >= 15 is 0 Å². The van der Waals surface area contributed by atoms with Gasteiger partial charge in [0, 0.05) is 25.0 Å². The maximum absolute atomic E-state index is 4.92. The van der Waals surface area contributed by atoms with Gasteiger partial charge in [-0.2, -0.15) is 0 Å². The van der Waals surface area contributed by atoms with Gasteiger partial charge in [-0.25, -0.2) is 9.97 Å². The van der Waals surface area contributed by atoms with Crippen molar-refractivity contribution in [1.29, 1.82) is 0 Å². The number of fused-ring (bicyclic) bond motifs is 1. The lowest BCUT2D eigenvalue weighted by atomic mass is 10.3. The monoisotopic (exact) mass is 583 g/mol. The Kier molecular flexibility index (Phi) is 7.90. The normalized spacial score (nSPS) is 14.7. The highest BCUT2D eigenvalue weighted by atomic mass is 127. The summed E-state index contributed by atoms with van der Waals surface area (Å²) in [6, 6.07) is 8.39. The summed E-state index contributed by atoms with van der Waals surface area (Å²) in [6.45, 7) is 6.98. The van der Waals surface area contributed by atoms with E-state index in [0.717, 1.165) is 61.3 Å². The molecule has 1 aliphatic rings. The van der Waals surface area contributed by atoms with Crippen LogP contribution in [0.1, 0.15) is 17.1 Å². The third-order valence-corrected chi connectivity index (χ3v) is 5.07. The zero-order valence-corrected chi connectivity index (χ0v) is 19.6. The van der Waals surface area contributed by atoms with Gasteiger partial charge >= 0.3 is 0 Å². The highest BCUT2D eigenvalue weighted by Gasteiger charge is 2.18. The van der Waals surface area contributed by atoms with Crippen molar-refractivity contribution in [3.05, 3.63) is 40.3 Å². The van der Waals surface area contributed by atoms with Crippen LogP contribution in [0, 0.1) is 6.92 Å². The molecule has 3 aromatic rings. The number of anilines is 1. The maximum atomic E-state index is 4.92. The van der Waals surface area contributed by atoms with Gasteiger partial charge in [-0.1, -0.05) is 12.1 Å². The van der Waals surface area contributed by atoms with Crippen LogP contribution in [-0.2, 0) is 6.54 Å².